The highest BCUT2D eigenvalue weighted by molar-refractivity contribution is 6.42. The molecule has 2 heterocycles. The average molecular weight is 395 g/mol. The van der Waals surface area contributed by atoms with Crippen LogP contribution in [0.4, 0.5) is 10.5 Å². The number of hydrogen-bond donors (Lipinski definition) is 1. The van der Waals surface area contributed by atoms with Crippen LogP contribution in [0.15, 0.2) is 46.7 Å². The van der Waals surface area contributed by atoms with Gasteiger partial charge in [-0.1, -0.05) is 35.3 Å². The van der Waals surface area contributed by atoms with Gasteiger partial charge in [-0.25, -0.2) is 4.79 Å². The molecule has 0 bridgehead atoms. The van der Waals surface area contributed by atoms with Crippen LogP contribution in [-0.4, -0.2) is 17.8 Å². The normalized spacial score (nSPS) is 16.0. The molecule has 1 aliphatic rings. The SMILES string of the molecule is COC(=O)OC1=C(C)Nc2ccn(C)c(=O)c2C1c1cccc(Cl)c1Cl. The number of methoxy groups -OCH3 is 1. The van der Waals surface area contributed by atoms with Crippen LogP contribution in [0, 0.1) is 0 Å². The fourth-order valence-electron chi connectivity index (χ4n) is 2.96. The number of hydrogen-bond acceptors (Lipinski definition) is 5. The third-order valence-electron chi connectivity index (χ3n) is 4.20. The molecule has 3 rings (SSSR count). The van der Waals surface area contributed by atoms with Crippen LogP contribution >= 0.6 is 23.2 Å². The second kappa shape index (κ2) is 7.05. The summed E-state index contributed by atoms with van der Waals surface area (Å²) in [6.45, 7) is 1.74. The molecule has 0 amide bonds. The standard InChI is InChI=1S/C18H16Cl2N2O4/c1-9-16(26-18(24)25-3)13(10-5-4-6-11(19)15(10)20)14-12(21-9)7-8-22(2)17(14)23/h4-8,13,21H,1-3H3. The number of halogens is 2. The average Bonchev–Trinajstić information content (AvgIpc) is 2.62. The number of carbonyl (C=O) groups is 1. The molecule has 1 aliphatic heterocycles. The molecule has 0 fully saturated rings. The fraction of sp³-hybridized carbons (Fsp3) is 0.222. The van der Waals surface area contributed by atoms with E-state index in [1.807, 2.05) is 0 Å². The molecule has 1 aromatic carbocycles. The van der Waals surface area contributed by atoms with Gasteiger partial charge in [-0.05, 0) is 24.6 Å². The molecule has 1 unspecified atom stereocenters. The number of carbonyl (C=O) groups excluding carboxylic acids is 1. The number of allylic oxidation sites excluding steroid dienone is 2. The van der Waals surface area contributed by atoms with Crippen LogP contribution in [-0.2, 0) is 16.5 Å². The molecule has 0 spiro atoms. The van der Waals surface area contributed by atoms with Crippen molar-refractivity contribution in [2.75, 3.05) is 12.4 Å². The minimum atomic E-state index is -0.888. The van der Waals surface area contributed by atoms with Crippen LogP contribution in [0.5, 0.6) is 0 Å². The maximum absolute atomic E-state index is 12.9. The number of pyridine rings is 1. The molecule has 6 nitrogen and oxygen atoms in total. The highest BCUT2D eigenvalue weighted by Crippen LogP contribution is 2.44. The first-order chi connectivity index (χ1) is 12.3. The second-order valence-electron chi connectivity index (χ2n) is 5.81. The van der Waals surface area contributed by atoms with Crippen molar-refractivity contribution in [3.63, 3.8) is 0 Å². The highest BCUT2D eigenvalue weighted by Gasteiger charge is 2.35. The van der Waals surface area contributed by atoms with Crippen molar-refractivity contribution >= 4 is 35.0 Å². The summed E-state index contributed by atoms with van der Waals surface area (Å²) in [6.07, 6.45) is 0.769. The third kappa shape index (κ3) is 3.06. The molecule has 2 aromatic rings. The lowest BCUT2D eigenvalue weighted by atomic mass is 9.86. The van der Waals surface area contributed by atoms with Crippen LogP contribution in [0.2, 0.25) is 10.0 Å². The van der Waals surface area contributed by atoms with Crippen molar-refractivity contribution in [3.05, 3.63) is 73.4 Å². The van der Waals surface area contributed by atoms with Crippen LogP contribution < -0.4 is 10.9 Å². The molecular formula is C18H16Cl2N2O4. The Morgan fingerprint density at radius 1 is 1.27 bits per heavy atom. The molecular weight excluding hydrogens is 379 g/mol. The molecule has 8 heteroatoms. The molecule has 0 aliphatic carbocycles. The van der Waals surface area contributed by atoms with Crippen LogP contribution in [0.3, 0.4) is 0 Å². The molecule has 0 saturated carbocycles. The fourth-order valence-corrected chi connectivity index (χ4v) is 3.37. The number of benzene rings is 1. The van der Waals surface area contributed by atoms with Crippen molar-refractivity contribution in [1.82, 2.24) is 4.57 Å². The predicted molar refractivity (Wildman–Crippen MR) is 99.8 cm³/mol. The number of nitrogens with one attached hydrogen (secondary N) is 1. The van der Waals surface area contributed by atoms with Gasteiger partial charge in [-0.3, -0.25) is 4.79 Å². The Morgan fingerprint density at radius 3 is 2.69 bits per heavy atom. The van der Waals surface area contributed by atoms with E-state index in [1.54, 1.807) is 44.4 Å². The molecule has 1 atom stereocenters. The first kappa shape index (κ1) is 18.4. The summed E-state index contributed by atoms with van der Waals surface area (Å²) < 4.78 is 11.4. The van der Waals surface area contributed by atoms with Gasteiger partial charge in [0.15, 0.2) is 0 Å². The van der Waals surface area contributed by atoms with E-state index in [4.69, 9.17) is 27.9 Å². The molecule has 26 heavy (non-hydrogen) atoms. The Kier molecular flexibility index (Phi) is 4.98. The quantitative estimate of drug-likeness (QED) is 0.770. The minimum absolute atomic E-state index is 0.233. The van der Waals surface area contributed by atoms with Crippen molar-refractivity contribution in [3.8, 4) is 0 Å². The van der Waals surface area contributed by atoms with Gasteiger partial charge in [-0.2, -0.15) is 0 Å². The maximum atomic E-state index is 12.9. The van der Waals surface area contributed by atoms with E-state index in [9.17, 15) is 9.59 Å². The lowest BCUT2D eigenvalue weighted by Gasteiger charge is -2.30. The summed E-state index contributed by atoms with van der Waals surface area (Å²) in [5, 5.41) is 3.73. The highest BCUT2D eigenvalue weighted by atomic mass is 35.5. The van der Waals surface area contributed by atoms with Gasteiger partial charge in [0.2, 0.25) is 0 Å². The lowest BCUT2D eigenvalue weighted by molar-refractivity contribution is 0.0929. The number of aryl methyl sites for hydroxylation is 1. The van der Waals surface area contributed by atoms with Gasteiger partial charge in [0.25, 0.3) is 5.56 Å². The lowest BCUT2D eigenvalue weighted by Crippen LogP contribution is -2.31. The Bertz CT molecular complexity index is 982. The second-order valence-corrected chi connectivity index (χ2v) is 6.59. The predicted octanol–water partition coefficient (Wildman–Crippen LogP) is 4.26. The number of aromatic nitrogens is 1. The first-order valence-electron chi connectivity index (χ1n) is 7.72. The molecule has 0 radical (unpaired) electrons. The third-order valence-corrected chi connectivity index (χ3v) is 5.03. The van der Waals surface area contributed by atoms with E-state index in [1.165, 1.54) is 11.7 Å². The monoisotopic (exact) mass is 394 g/mol. The number of anilines is 1. The topological polar surface area (TPSA) is 69.6 Å². The summed E-state index contributed by atoms with van der Waals surface area (Å²) >= 11 is 12.6. The van der Waals surface area contributed by atoms with Crippen LogP contribution in [0.1, 0.15) is 24.0 Å². The van der Waals surface area contributed by atoms with E-state index in [0.29, 0.717) is 27.5 Å². The Labute approximate surface area is 159 Å². The van der Waals surface area contributed by atoms with Crippen molar-refractivity contribution in [1.29, 1.82) is 0 Å². The van der Waals surface area contributed by atoms with Gasteiger partial charge in [0.05, 0.1) is 34.3 Å². The van der Waals surface area contributed by atoms with Gasteiger partial charge in [0, 0.05) is 18.9 Å². The summed E-state index contributed by atoms with van der Waals surface area (Å²) in [7, 11) is 2.86. The zero-order chi connectivity index (χ0) is 19.0. The number of rotatable bonds is 2. The van der Waals surface area contributed by atoms with E-state index in [-0.39, 0.29) is 16.3 Å². The van der Waals surface area contributed by atoms with E-state index in [0.717, 1.165) is 0 Å². The zero-order valence-electron chi connectivity index (χ0n) is 14.3. The van der Waals surface area contributed by atoms with Gasteiger partial charge in [0.1, 0.15) is 5.76 Å². The summed E-state index contributed by atoms with van der Waals surface area (Å²) in [5.74, 6) is -0.478. The summed E-state index contributed by atoms with van der Waals surface area (Å²) in [5.41, 5.74) is 1.91. The van der Waals surface area contributed by atoms with E-state index in [2.05, 4.69) is 10.1 Å². The van der Waals surface area contributed by atoms with E-state index < -0.39 is 12.1 Å². The summed E-state index contributed by atoms with van der Waals surface area (Å²) in [4.78, 5) is 24.6. The smallest absolute Gasteiger partial charge is 0.437 e. The number of ether oxygens (including phenoxy) is 2. The number of fused-ring (bicyclic) bond motifs is 1. The maximum Gasteiger partial charge on any atom is 0.513 e. The molecule has 1 N–H and O–H groups in total. The first-order valence-corrected chi connectivity index (χ1v) is 8.47. The molecule has 136 valence electrons. The van der Waals surface area contributed by atoms with Crippen molar-refractivity contribution < 1.29 is 14.3 Å². The molecule has 1 aromatic heterocycles. The van der Waals surface area contributed by atoms with Gasteiger partial charge in [-0.15, -0.1) is 0 Å². The summed E-state index contributed by atoms with van der Waals surface area (Å²) in [6, 6.07) is 6.90. The van der Waals surface area contributed by atoms with Gasteiger partial charge >= 0.3 is 6.16 Å². The van der Waals surface area contributed by atoms with Crippen molar-refractivity contribution in [2.24, 2.45) is 7.05 Å². The number of nitrogens with zero attached hydrogens (tertiary/aromatic N) is 1. The Hall–Kier alpha value is -2.44. The van der Waals surface area contributed by atoms with E-state index >= 15 is 0 Å². The molecule has 0 saturated heterocycles. The minimum Gasteiger partial charge on any atom is -0.437 e. The zero-order valence-corrected chi connectivity index (χ0v) is 15.8. The Morgan fingerprint density at radius 2 is 2.00 bits per heavy atom. The largest absolute Gasteiger partial charge is 0.513 e. The van der Waals surface area contributed by atoms with Gasteiger partial charge < -0.3 is 19.4 Å². The van der Waals surface area contributed by atoms with Crippen LogP contribution in [0.25, 0.3) is 0 Å². The van der Waals surface area contributed by atoms with Crippen molar-refractivity contribution in [2.45, 2.75) is 12.8 Å². The Balaban J connectivity index is 2.31.